The summed E-state index contributed by atoms with van der Waals surface area (Å²) in [6.07, 6.45) is 0. The molecule has 0 aliphatic carbocycles. The SMILES string of the molecule is COCCOC(=O)COCC(=O)O.COCCOC(=O)COCC(=O)O.[Zn]. The first-order valence-electron chi connectivity index (χ1n) is 7.21. The monoisotopic (exact) mass is 448 g/mol. The van der Waals surface area contributed by atoms with E-state index in [-0.39, 0.29) is 45.9 Å². The van der Waals surface area contributed by atoms with Gasteiger partial charge in [-0.1, -0.05) is 0 Å². The predicted molar refractivity (Wildman–Crippen MR) is 82.6 cm³/mol. The second kappa shape index (κ2) is 22.4. The second-order valence-electron chi connectivity index (χ2n) is 4.20. The first-order chi connectivity index (χ1) is 12.3. The van der Waals surface area contributed by atoms with E-state index in [1.807, 2.05) is 0 Å². The zero-order valence-corrected chi connectivity index (χ0v) is 18.3. The molecule has 0 aromatic carbocycles. The van der Waals surface area contributed by atoms with Crippen LogP contribution < -0.4 is 0 Å². The summed E-state index contributed by atoms with van der Waals surface area (Å²) in [5.74, 6) is -3.44. The first kappa shape index (κ1) is 30.1. The van der Waals surface area contributed by atoms with Crippen molar-refractivity contribution in [2.75, 3.05) is 67.1 Å². The van der Waals surface area contributed by atoms with Crippen molar-refractivity contribution in [3.8, 4) is 0 Å². The van der Waals surface area contributed by atoms with E-state index in [0.29, 0.717) is 13.2 Å². The van der Waals surface area contributed by atoms with Crippen molar-refractivity contribution in [1.82, 2.24) is 0 Å². The maximum atomic E-state index is 10.7. The van der Waals surface area contributed by atoms with Gasteiger partial charge < -0.3 is 38.6 Å². The van der Waals surface area contributed by atoms with Crippen LogP contribution in [0.2, 0.25) is 0 Å². The molecule has 27 heavy (non-hydrogen) atoms. The van der Waals surface area contributed by atoms with Gasteiger partial charge in [0.25, 0.3) is 0 Å². The van der Waals surface area contributed by atoms with Crippen LogP contribution in [0.25, 0.3) is 0 Å². The molecule has 12 nitrogen and oxygen atoms in total. The average molecular weight is 450 g/mol. The largest absolute Gasteiger partial charge is 0.480 e. The van der Waals surface area contributed by atoms with Crippen molar-refractivity contribution >= 4 is 23.9 Å². The van der Waals surface area contributed by atoms with Crippen LogP contribution in [0.15, 0.2) is 0 Å². The Labute approximate surface area is 168 Å². The molecule has 0 saturated heterocycles. The normalized spacial score (nSPS) is 9.26. The minimum Gasteiger partial charge on any atom is -0.480 e. The van der Waals surface area contributed by atoms with E-state index in [1.165, 1.54) is 14.2 Å². The number of rotatable bonds is 14. The summed E-state index contributed by atoms with van der Waals surface area (Å²) in [5, 5.41) is 16.3. The average Bonchev–Trinajstić information content (AvgIpc) is 2.55. The Hall–Kier alpha value is -1.66. The molecule has 0 rings (SSSR count). The molecule has 0 spiro atoms. The van der Waals surface area contributed by atoms with Crippen molar-refractivity contribution < 1.29 is 77.3 Å². The van der Waals surface area contributed by atoms with E-state index >= 15 is 0 Å². The molecule has 0 radical (unpaired) electrons. The van der Waals surface area contributed by atoms with Crippen LogP contribution >= 0.6 is 0 Å². The third kappa shape index (κ3) is 29.4. The molecule has 0 amide bonds. The molecule has 2 N–H and O–H groups in total. The molecule has 0 atom stereocenters. The molecule has 0 aromatic rings. The van der Waals surface area contributed by atoms with Crippen molar-refractivity contribution in [2.24, 2.45) is 0 Å². The Kier molecular flexibility index (Phi) is 24.9. The zero-order chi connectivity index (χ0) is 20.2. The zero-order valence-electron chi connectivity index (χ0n) is 15.3. The third-order valence-corrected chi connectivity index (χ3v) is 1.99. The fourth-order valence-corrected chi connectivity index (χ4v) is 1.00. The van der Waals surface area contributed by atoms with Crippen LogP contribution in [-0.2, 0) is 67.1 Å². The van der Waals surface area contributed by atoms with Gasteiger partial charge in [-0.2, -0.15) is 0 Å². The number of carbonyl (C=O) groups is 4. The number of aliphatic carboxylic acids is 2. The summed E-state index contributed by atoms with van der Waals surface area (Å²) in [6.45, 7) is -0.794. The van der Waals surface area contributed by atoms with Crippen molar-refractivity contribution in [1.29, 1.82) is 0 Å². The molecule has 0 aromatic heterocycles. The van der Waals surface area contributed by atoms with E-state index in [2.05, 4.69) is 28.4 Å². The summed E-state index contributed by atoms with van der Waals surface area (Å²) in [4.78, 5) is 41.3. The van der Waals surface area contributed by atoms with Crippen LogP contribution in [0.1, 0.15) is 0 Å². The number of carboxylic acid groups (broad SMARTS) is 2. The minimum absolute atomic E-state index is 0. The smallest absolute Gasteiger partial charge is 0.332 e. The predicted octanol–water partition coefficient (Wildman–Crippen LogP) is -1.45. The van der Waals surface area contributed by atoms with Crippen molar-refractivity contribution in [2.45, 2.75) is 0 Å². The van der Waals surface area contributed by atoms with Crippen molar-refractivity contribution in [3.63, 3.8) is 0 Å². The van der Waals surface area contributed by atoms with Crippen LogP contribution in [0.3, 0.4) is 0 Å². The Morgan fingerprint density at radius 3 is 1.22 bits per heavy atom. The van der Waals surface area contributed by atoms with Crippen LogP contribution in [0.4, 0.5) is 0 Å². The Bertz CT molecular complexity index is 377. The van der Waals surface area contributed by atoms with Gasteiger partial charge in [0, 0.05) is 33.7 Å². The maximum absolute atomic E-state index is 10.7. The van der Waals surface area contributed by atoms with Gasteiger partial charge in [-0.25, -0.2) is 19.2 Å². The van der Waals surface area contributed by atoms with E-state index < -0.39 is 37.1 Å². The van der Waals surface area contributed by atoms with Gasteiger partial charge >= 0.3 is 23.9 Å². The minimum atomic E-state index is -1.12. The molecule has 13 heteroatoms. The van der Waals surface area contributed by atoms with Crippen LogP contribution in [0.5, 0.6) is 0 Å². The number of esters is 2. The van der Waals surface area contributed by atoms with Crippen molar-refractivity contribution in [3.05, 3.63) is 0 Å². The molecule has 0 aliphatic rings. The quantitative estimate of drug-likeness (QED) is 0.180. The molecule has 0 unspecified atom stereocenters. The fraction of sp³-hybridized carbons (Fsp3) is 0.714. The Morgan fingerprint density at radius 2 is 0.963 bits per heavy atom. The molecule has 0 aliphatic heterocycles. The van der Waals surface area contributed by atoms with Gasteiger partial charge in [0.2, 0.25) is 0 Å². The molecule has 0 saturated carbocycles. The number of hydrogen-bond acceptors (Lipinski definition) is 10. The topological polar surface area (TPSA) is 164 Å². The molecule has 0 bridgehead atoms. The second-order valence-corrected chi connectivity index (χ2v) is 4.20. The Morgan fingerprint density at radius 1 is 0.630 bits per heavy atom. The summed E-state index contributed by atoms with van der Waals surface area (Å²) in [6, 6.07) is 0. The molecule has 0 fully saturated rings. The summed E-state index contributed by atoms with van der Waals surface area (Å²) in [5.41, 5.74) is 0. The van der Waals surface area contributed by atoms with Crippen LogP contribution in [-0.4, -0.2) is 101 Å². The standard InChI is InChI=1S/2C7H12O6.Zn/c2*1-11-2-3-13-7(10)5-12-4-6(8)9;/h2*2-5H2,1H3,(H,8,9);. The first-order valence-corrected chi connectivity index (χ1v) is 7.21. The third-order valence-electron chi connectivity index (χ3n) is 1.99. The van der Waals surface area contributed by atoms with Gasteiger partial charge in [-0.05, 0) is 0 Å². The molecule has 154 valence electrons. The number of hydrogen-bond donors (Lipinski definition) is 2. The van der Waals surface area contributed by atoms with E-state index in [0.717, 1.165) is 0 Å². The van der Waals surface area contributed by atoms with Gasteiger partial charge in [0.1, 0.15) is 39.6 Å². The maximum Gasteiger partial charge on any atom is 0.332 e. The van der Waals surface area contributed by atoms with E-state index in [1.54, 1.807) is 0 Å². The van der Waals surface area contributed by atoms with Gasteiger partial charge in [0.05, 0.1) is 13.2 Å². The number of carbonyl (C=O) groups excluding carboxylic acids is 2. The molecule has 0 heterocycles. The molecular weight excluding hydrogens is 426 g/mol. The summed E-state index contributed by atoms with van der Waals surface area (Å²) >= 11 is 0. The summed E-state index contributed by atoms with van der Waals surface area (Å²) in [7, 11) is 2.96. The number of carboxylic acids is 2. The van der Waals surface area contributed by atoms with E-state index in [4.69, 9.17) is 10.2 Å². The van der Waals surface area contributed by atoms with Gasteiger partial charge in [-0.15, -0.1) is 0 Å². The van der Waals surface area contributed by atoms with Crippen LogP contribution in [0, 0.1) is 0 Å². The fourth-order valence-electron chi connectivity index (χ4n) is 1.00. The number of methoxy groups -OCH3 is 2. The van der Waals surface area contributed by atoms with E-state index in [9.17, 15) is 19.2 Å². The van der Waals surface area contributed by atoms with Gasteiger partial charge in [-0.3, -0.25) is 0 Å². The summed E-state index contributed by atoms with van der Waals surface area (Å²) < 4.78 is 27.4. The van der Waals surface area contributed by atoms with Gasteiger partial charge in [0.15, 0.2) is 0 Å². The number of ether oxygens (including phenoxy) is 6. The molecular formula is C14H24O12Zn. The Balaban J connectivity index is -0.000000411.